The third-order valence-corrected chi connectivity index (χ3v) is 2.97. The lowest BCUT2D eigenvalue weighted by Crippen LogP contribution is -2.30. The van der Waals surface area contributed by atoms with Crippen LogP contribution in [0.25, 0.3) is 0 Å². The maximum atomic E-state index is 11.6. The summed E-state index contributed by atoms with van der Waals surface area (Å²) in [7, 11) is 3.25. The van der Waals surface area contributed by atoms with Crippen LogP contribution in [0.2, 0.25) is 0 Å². The summed E-state index contributed by atoms with van der Waals surface area (Å²) in [4.78, 5) is 13.7. The Bertz CT molecular complexity index is 434. The molecular weight excluding hydrogens is 232 g/mol. The fourth-order valence-corrected chi connectivity index (χ4v) is 2.04. The number of anilines is 1. The fraction of sp³-hybridized carbons (Fsp3) is 0.462. The molecule has 1 aromatic rings. The van der Waals surface area contributed by atoms with E-state index in [-0.39, 0.29) is 5.78 Å². The predicted molar refractivity (Wildman–Crippen MR) is 69.6 cm³/mol. The summed E-state index contributed by atoms with van der Waals surface area (Å²) in [5, 5.41) is 3.10. The molecule has 1 aliphatic heterocycles. The summed E-state index contributed by atoms with van der Waals surface area (Å²) in [6, 6.07) is 5.61. The van der Waals surface area contributed by atoms with Gasteiger partial charge >= 0.3 is 0 Å². The van der Waals surface area contributed by atoms with Gasteiger partial charge in [-0.05, 0) is 12.1 Å². The average Bonchev–Trinajstić information content (AvgIpc) is 2.62. The van der Waals surface area contributed by atoms with Crippen molar-refractivity contribution in [2.45, 2.75) is 0 Å². The molecule has 0 amide bonds. The van der Waals surface area contributed by atoms with Crippen molar-refractivity contribution in [2.75, 3.05) is 45.3 Å². The first kappa shape index (κ1) is 12.7. The molecule has 98 valence electrons. The van der Waals surface area contributed by atoms with Crippen LogP contribution in [0.5, 0.6) is 11.5 Å². The van der Waals surface area contributed by atoms with E-state index in [0.717, 1.165) is 30.3 Å². The van der Waals surface area contributed by atoms with E-state index in [1.165, 1.54) is 0 Å². The van der Waals surface area contributed by atoms with Gasteiger partial charge in [0, 0.05) is 19.2 Å². The molecule has 5 heteroatoms. The van der Waals surface area contributed by atoms with E-state index in [1.54, 1.807) is 14.2 Å². The van der Waals surface area contributed by atoms with Gasteiger partial charge in [0.05, 0.1) is 33.0 Å². The van der Waals surface area contributed by atoms with Crippen molar-refractivity contribution in [1.82, 2.24) is 5.32 Å². The summed E-state index contributed by atoms with van der Waals surface area (Å²) in [6.45, 7) is 2.39. The minimum absolute atomic E-state index is 0.178. The third kappa shape index (κ3) is 2.73. The summed E-state index contributed by atoms with van der Waals surface area (Å²) in [5.74, 6) is 1.69. The van der Waals surface area contributed by atoms with E-state index < -0.39 is 0 Å². The largest absolute Gasteiger partial charge is 0.497 e. The van der Waals surface area contributed by atoms with Crippen LogP contribution in [0, 0.1) is 0 Å². The lowest BCUT2D eigenvalue weighted by atomic mass is 10.2. The van der Waals surface area contributed by atoms with Crippen LogP contribution in [0.15, 0.2) is 18.2 Å². The van der Waals surface area contributed by atoms with Gasteiger partial charge < -0.3 is 19.7 Å². The van der Waals surface area contributed by atoms with Crippen molar-refractivity contribution in [2.24, 2.45) is 0 Å². The van der Waals surface area contributed by atoms with Gasteiger partial charge in [0.2, 0.25) is 0 Å². The number of benzene rings is 1. The van der Waals surface area contributed by atoms with E-state index >= 15 is 0 Å². The van der Waals surface area contributed by atoms with Crippen molar-refractivity contribution in [1.29, 1.82) is 0 Å². The second kappa shape index (κ2) is 5.73. The van der Waals surface area contributed by atoms with E-state index in [2.05, 4.69) is 5.32 Å². The van der Waals surface area contributed by atoms with Gasteiger partial charge in [0.25, 0.3) is 0 Å². The van der Waals surface area contributed by atoms with Gasteiger partial charge in [0.1, 0.15) is 11.5 Å². The van der Waals surface area contributed by atoms with Crippen molar-refractivity contribution in [3.8, 4) is 11.5 Å². The molecule has 0 bridgehead atoms. The zero-order valence-corrected chi connectivity index (χ0v) is 10.7. The Morgan fingerprint density at radius 1 is 1.28 bits per heavy atom. The van der Waals surface area contributed by atoms with Crippen molar-refractivity contribution in [3.63, 3.8) is 0 Å². The maximum Gasteiger partial charge on any atom is 0.165 e. The molecule has 0 aromatic heterocycles. The zero-order valence-electron chi connectivity index (χ0n) is 10.7. The van der Waals surface area contributed by atoms with Crippen molar-refractivity contribution < 1.29 is 14.3 Å². The molecule has 2 rings (SSSR count). The average molecular weight is 250 g/mol. The van der Waals surface area contributed by atoms with Gasteiger partial charge in [0.15, 0.2) is 5.78 Å². The van der Waals surface area contributed by atoms with E-state index in [4.69, 9.17) is 9.47 Å². The highest BCUT2D eigenvalue weighted by atomic mass is 16.5. The Labute approximate surface area is 107 Å². The first-order valence-electron chi connectivity index (χ1n) is 5.94. The van der Waals surface area contributed by atoms with E-state index in [1.807, 2.05) is 23.1 Å². The van der Waals surface area contributed by atoms with E-state index in [0.29, 0.717) is 13.1 Å². The van der Waals surface area contributed by atoms with Gasteiger partial charge in [-0.25, -0.2) is 0 Å². The Morgan fingerprint density at radius 2 is 2.11 bits per heavy atom. The van der Waals surface area contributed by atoms with E-state index in [9.17, 15) is 4.79 Å². The number of ether oxygens (including phenoxy) is 2. The monoisotopic (exact) mass is 250 g/mol. The minimum Gasteiger partial charge on any atom is -0.497 e. The zero-order chi connectivity index (χ0) is 13.0. The Kier molecular flexibility index (Phi) is 4.04. The second-order valence-electron chi connectivity index (χ2n) is 4.17. The highest BCUT2D eigenvalue weighted by Crippen LogP contribution is 2.32. The lowest BCUT2D eigenvalue weighted by Gasteiger charge is -2.24. The number of hydrogen-bond donors (Lipinski definition) is 1. The topological polar surface area (TPSA) is 50.8 Å². The van der Waals surface area contributed by atoms with Crippen LogP contribution in [-0.4, -0.2) is 46.2 Å². The summed E-state index contributed by atoms with van der Waals surface area (Å²) < 4.78 is 10.6. The Morgan fingerprint density at radius 3 is 2.83 bits per heavy atom. The fourth-order valence-electron chi connectivity index (χ4n) is 2.04. The predicted octanol–water partition coefficient (Wildman–Crippen LogP) is 0.682. The molecule has 0 saturated carbocycles. The summed E-state index contributed by atoms with van der Waals surface area (Å²) in [6.07, 6.45) is 0. The number of nitrogens with one attached hydrogen (secondary N) is 1. The lowest BCUT2D eigenvalue weighted by molar-refractivity contribution is -0.116. The van der Waals surface area contributed by atoms with Crippen LogP contribution < -0.4 is 19.7 Å². The van der Waals surface area contributed by atoms with Crippen LogP contribution >= 0.6 is 0 Å². The maximum absolute atomic E-state index is 11.6. The molecular formula is C13H18N2O3. The molecule has 0 atom stereocenters. The normalized spacial score (nSPS) is 16.3. The van der Waals surface area contributed by atoms with Crippen LogP contribution in [0.1, 0.15) is 0 Å². The highest BCUT2D eigenvalue weighted by Gasteiger charge is 2.18. The molecule has 1 saturated heterocycles. The molecule has 1 heterocycles. The molecule has 5 nitrogen and oxygen atoms in total. The van der Waals surface area contributed by atoms with Gasteiger partial charge in [-0.2, -0.15) is 0 Å². The Hall–Kier alpha value is -1.75. The molecule has 0 aliphatic carbocycles. The Balaban J connectivity index is 2.31. The number of carbonyl (C=O) groups excluding carboxylic acids is 1. The molecule has 1 aliphatic rings. The number of Topliss-reactive ketones (excluding diaryl/α,β-unsaturated/α-hetero) is 1. The molecule has 0 unspecified atom stereocenters. The third-order valence-electron chi connectivity index (χ3n) is 2.97. The number of hydrogen-bond acceptors (Lipinski definition) is 5. The molecule has 1 N–H and O–H groups in total. The van der Waals surface area contributed by atoms with Crippen LogP contribution in [-0.2, 0) is 4.79 Å². The standard InChI is InChI=1S/C13H18N2O3/c1-17-11-3-4-13(18-2)12(7-11)15-6-5-14-8-10(16)9-15/h3-4,7,14H,5-6,8-9H2,1-2H3. The molecule has 0 spiro atoms. The first-order chi connectivity index (χ1) is 8.74. The van der Waals surface area contributed by atoms with Gasteiger partial charge in [-0.15, -0.1) is 0 Å². The van der Waals surface area contributed by atoms with Crippen molar-refractivity contribution >= 4 is 11.5 Å². The van der Waals surface area contributed by atoms with Gasteiger partial charge in [-0.1, -0.05) is 0 Å². The molecule has 18 heavy (non-hydrogen) atoms. The van der Waals surface area contributed by atoms with Crippen LogP contribution in [0.4, 0.5) is 5.69 Å². The molecule has 1 aromatic carbocycles. The smallest absolute Gasteiger partial charge is 0.165 e. The number of ketones is 1. The molecule has 0 radical (unpaired) electrons. The SMILES string of the molecule is COc1ccc(OC)c(N2CCNCC(=O)C2)c1. The highest BCUT2D eigenvalue weighted by molar-refractivity contribution is 5.86. The molecule has 1 fully saturated rings. The summed E-state index contributed by atoms with van der Waals surface area (Å²) >= 11 is 0. The number of nitrogens with zero attached hydrogens (tertiary/aromatic N) is 1. The van der Waals surface area contributed by atoms with Crippen molar-refractivity contribution in [3.05, 3.63) is 18.2 Å². The second-order valence-corrected chi connectivity index (χ2v) is 4.17. The number of rotatable bonds is 3. The van der Waals surface area contributed by atoms with Gasteiger partial charge in [-0.3, -0.25) is 4.79 Å². The number of carbonyl (C=O) groups is 1. The minimum atomic E-state index is 0.178. The summed E-state index contributed by atoms with van der Waals surface area (Å²) in [5.41, 5.74) is 0.897. The number of methoxy groups -OCH3 is 2. The first-order valence-corrected chi connectivity index (χ1v) is 5.94. The quantitative estimate of drug-likeness (QED) is 0.855. The van der Waals surface area contributed by atoms with Crippen LogP contribution in [0.3, 0.4) is 0 Å².